The van der Waals surface area contributed by atoms with E-state index >= 15 is 0 Å². The van der Waals surface area contributed by atoms with Gasteiger partial charge >= 0.3 is 5.97 Å². The maximum atomic E-state index is 12.8. The Labute approximate surface area is 103 Å². The number of esters is 1. The molecule has 0 aromatic heterocycles. The van der Waals surface area contributed by atoms with E-state index in [-0.39, 0.29) is 17.9 Å². The minimum atomic E-state index is -2.60. The summed E-state index contributed by atoms with van der Waals surface area (Å²) in [6.45, 7) is 0.178. The number of carbonyl (C=O) groups excluding carboxylic acids is 1. The number of rotatable bonds is 2. The lowest BCUT2D eigenvalue weighted by atomic mass is 10.1. The third-order valence-electron chi connectivity index (χ3n) is 2.71. The molecule has 0 radical (unpaired) electrons. The molecule has 1 aliphatic rings. The molecule has 0 aliphatic carbocycles. The van der Waals surface area contributed by atoms with E-state index in [0.717, 1.165) is 0 Å². The predicted octanol–water partition coefficient (Wildman–Crippen LogP) is 2.96. The zero-order valence-corrected chi connectivity index (χ0v) is 9.78. The largest absolute Gasteiger partial charge is 0.492 e. The van der Waals surface area contributed by atoms with Gasteiger partial charge in [-0.25, -0.2) is 13.6 Å². The molecule has 0 unspecified atom stereocenters. The second-order valence-electron chi connectivity index (χ2n) is 3.83. The van der Waals surface area contributed by atoms with Crippen molar-refractivity contribution in [2.45, 2.75) is 12.8 Å². The van der Waals surface area contributed by atoms with E-state index in [2.05, 4.69) is 4.74 Å². The summed E-state index contributed by atoms with van der Waals surface area (Å²) >= 11 is 0. The van der Waals surface area contributed by atoms with E-state index in [0.29, 0.717) is 17.6 Å². The number of methoxy groups -OCH3 is 1. The number of hydrogen-bond acceptors (Lipinski definition) is 3. The summed E-state index contributed by atoms with van der Waals surface area (Å²) in [5, 5.41) is 0. The molecule has 0 saturated heterocycles. The summed E-state index contributed by atoms with van der Waals surface area (Å²) in [7, 11) is 1.28. The average molecular weight is 254 g/mol. The number of fused-ring (bicyclic) bond motifs is 1. The van der Waals surface area contributed by atoms with E-state index in [1.165, 1.54) is 19.2 Å². The van der Waals surface area contributed by atoms with Crippen LogP contribution >= 0.6 is 0 Å². The van der Waals surface area contributed by atoms with Crippen molar-refractivity contribution in [2.24, 2.45) is 0 Å². The van der Waals surface area contributed by atoms with E-state index in [4.69, 9.17) is 4.74 Å². The molecule has 18 heavy (non-hydrogen) atoms. The standard InChI is InChI=1S/C13H12F2O3/c1-17-13(16)9-5-6-18-11-8(7-9)3-2-4-10(11)12(14)15/h2-4,7,12H,5-6H2,1H3. The highest BCUT2D eigenvalue weighted by Gasteiger charge is 2.21. The number of para-hydroxylation sites is 1. The highest BCUT2D eigenvalue weighted by Crippen LogP contribution is 2.35. The Morgan fingerprint density at radius 3 is 2.89 bits per heavy atom. The van der Waals surface area contributed by atoms with Gasteiger partial charge in [0.1, 0.15) is 5.75 Å². The maximum Gasteiger partial charge on any atom is 0.333 e. The van der Waals surface area contributed by atoms with Crippen molar-refractivity contribution in [2.75, 3.05) is 13.7 Å². The normalized spacial score (nSPS) is 14.3. The second kappa shape index (κ2) is 5.16. The van der Waals surface area contributed by atoms with Gasteiger partial charge in [-0.1, -0.05) is 12.1 Å². The lowest BCUT2D eigenvalue weighted by molar-refractivity contribution is -0.136. The summed E-state index contributed by atoms with van der Waals surface area (Å²) in [6, 6.07) is 4.47. The number of hydrogen-bond donors (Lipinski definition) is 0. The van der Waals surface area contributed by atoms with E-state index in [9.17, 15) is 13.6 Å². The summed E-state index contributed by atoms with van der Waals surface area (Å²) in [5.41, 5.74) is 0.739. The fourth-order valence-corrected chi connectivity index (χ4v) is 1.84. The van der Waals surface area contributed by atoms with Gasteiger partial charge in [0.15, 0.2) is 0 Å². The molecule has 0 amide bonds. The molecular formula is C13H12F2O3. The van der Waals surface area contributed by atoms with Crippen molar-refractivity contribution < 1.29 is 23.0 Å². The third kappa shape index (κ3) is 2.34. The molecule has 96 valence electrons. The Morgan fingerprint density at radius 2 is 2.22 bits per heavy atom. The molecule has 1 aromatic carbocycles. The molecule has 1 aromatic rings. The molecule has 0 saturated carbocycles. The van der Waals surface area contributed by atoms with E-state index in [1.54, 1.807) is 12.1 Å². The number of halogens is 2. The molecule has 5 heteroatoms. The molecule has 0 bridgehead atoms. The van der Waals surface area contributed by atoms with Crippen LogP contribution in [0.2, 0.25) is 0 Å². The van der Waals surface area contributed by atoms with Gasteiger partial charge in [0.2, 0.25) is 0 Å². The van der Waals surface area contributed by atoms with Crippen LogP contribution in [0.25, 0.3) is 6.08 Å². The van der Waals surface area contributed by atoms with Crippen molar-refractivity contribution in [1.29, 1.82) is 0 Å². The van der Waals surface area contributed by atoms with E-state index < -0.39 is 12.4 Å². The molecule has 0 fully saturated rings. The lowest BCUT2D eigenvalue weighted by Crippen LogP contribution is -2.07. The smallest absolute Gasteiger partial charge is 0.333 e. The fourth-order valence-electron chi connectivity index (χ4n) is 1.84. The van der Waals surface area contributed by atoms with Gasteiger partial charge in [0, 0.05) is 17.6 Å². The van der Waals surface area contributed by atoms with Crippen molar-refractivity contribution in [3.8, 4) is 5.75 Å². The Kier molecular flexibility index (Phi) is 3.60. The highest BCUT2D eigenvalue weighted by atomic mass is 19.3. The minimum Gasteiger partial charge on any atom is -0.492 e. The van der Waals surface area contributed by atoms with Gasteiger partial charge in [0.05, 0.1) is 19.3 Å². The van der Waals surface area contributed by atoms with Crippen LogP contribution in [-0.4, -0.2) is 19.7 Å². The quantitative estimate of drug-likeness (QED) is 0.761. The zero-order valence-electron chi connectivity index (χ0n) is 9.78. The first-order chi connectivity index (χ1) is 8.63. The summed E-state index contributed by atoms with van der Waals surface area (Å²) in [6.07, 6.45) is -0.725. The van der Waals surface area contributed by atoms with Crippen LogP contribution in [0.3, 0.4) is 0 Å². The lowest BCUT2D eigenvalue weighted by Gasteiger charge is -2.11. The summed E-state index contributed by atoms with van der Waals surface area (Å²) in [4.78, 5) is 11.5. The Hall–Kier alpha value is -1.91. The molecule has 0 spiro atoms. The number of carbonyl (C=O) groups is 1. The van der Waals surface area contributed by atoms with Crippen LogP contribution in [0.1, 0.15) is 24.0 Å². The molecule has 3 nitrogen and oxygen atoms in total. The van der Waals surface area contributed by atoms with Crippen molar-refractivity contribution >= 4 is 12.0 Å². The van der Waals surface area contributed by atoms with Gasteiger partial charge in [0.25, 0.3) is 6.43 Å². The molecular weight excluding hydrogens is 242 g/mol. The van der Waals surface area contributed by atoms with Gasteiger partial charge in [-0.2, -0.15) is 0 Å². The Balaban J connectivity index is 2.47. The minimum absolute atomic E-state index is 0.145. The fraction of sp³-hybridized carbons (Fsp3) is 0.308. The molecule has 2 rings (SSSR count). The van der Waals surface area contributed by atoms with Gasteiger partial charge in [-0.3, -0.25) is 0 Å². The van der Waals surface area contributed by atoms with Crippen molar-refractivity contribution in [1.82, 2.24) is 0 Å². The summed E-state index contributed by atoms with van der Waals surface area (Å²) in [5.74, 6) is -0.319. The van der Waals surface area contributed by atoms with Crippen molar-refractivity contribution in [3.63, 3.8) is 0 Å². The Morgan fingerprint density at radius 1 is 1.44 bits per heavy atom. The number of ether oxygens (including phenoxy) is 2. The van der Waals surface area contributed by atoms with Crippen LogP contribution in [0, 0.1) is 0 Å². The van der Waals surface area contributed by atoms with Crippen LogP contribution < -0.4 is 4.74 Å². The van der Waals surface area contributed by atoms with Gasteiger partial charge in [-0.15, -0.1) is 0 Å². The summed E-state index contributed by atoms with van der Waals surface area (Å²) < 4.78 is 35.6. The van der Waals surface area contributed by atoms with Crippen LogP contribution in [0.5, 0.6) is 5.75 Å². The molecule has 0 N–H and O–H groups in total. The van der Waals surface area contributed by atoms with Crippen LogP contribution in [0.4, 0.5) is 8.78 Å². The Bertz CT molecular complexity index is 495. The SMILES string of the molecule is COC(=O)C1=Cc2cccc(C(F)F)c2OCC1. The predicted molar refractivity (Wildman–Crippen MR) is 61.5 cm³/mol. The first-order valence-corrected chi connectivity index (χ1v) is 5.46. The molecule has 1 aliphatic heterocycles. The van der Waals surface area contributed by atoms with E-state index in [1.807, 2.05) is 0 Å². The first kappa shape index (κ1) is 12.5. The molecule has 1 heterocycles. The highest BCUT2D eigenvalue weighted by molar-refractivity contribution is 5.94. The monoisotopic (exact) mass is 254 g/mol. The zero-order chi connectivity index (χ0) is 13.1. The van der Waals surface area contributed by atoms with Crippen LogP contribution in [0.15, 0.2) is 23.8 Å². The number of alkyl halides is 2. The van der Waals surface area contributed by atoms with Crippen molar-refractivity contribution in [3.05, 3.63) is 34.9 Å². The second-order valence-corrected chi connectivity index (χ2v) is 3.83. The first-order valence-electron chi connectivity index (χ1n) is 5.46. The third-order valence-corrected chi connectivity index (χ3v) is 2.71. The van der Waals surface area contributed by atoms with Gasteiger partial charge in [-0.05, 0) is 12.1 Å². The average Bonchev–Trinajstić information content (AvgIpc) is 2.59. The topological polar surface area (TPSA) is 35.5 Å². The number of benzene rings is 1. The van der Waals surface area contributed by atoms with Gasteiger partial charge < -0.3 is 9.47 Å². The maximum absolute atomic E-state index is 12.8. The molecule has 0 atom stereocenters. The van der Waals surface area contributed by atoms with Crippen LogP contribution in [-0.2, 0) is 9.53 Å².